The number of nitrogens with zero attached hydrogens (tertiary/aromatic N) is 1. The van der Waals surface area contributed by atoms with Crippen molar-refractivity contribution in [2.24, 2.45) is 5.73 Å². The van der Waals surface area contributed by atoms with Crippen LogP contribution in [0, 0.1) is 0 Å². The van der Waals surface area contributed by atoms with Crippen LogP contribution in [0.2, 0.25) is 0 Å². The lowest BCUT2D eigenvalue weighted by Gasteiger charge is -2.15. The molecule has 0 saturated carbocycles. The van der Waals surface area contributed by atoms with Gasteiger partial charge in [0.15, 0.2) is 0 Å². The van der Waals surface area contributed by atoms with Gasteiger partial charge in [-0.1, -0.05) is 25.5 Å². The zero-order chi connectivity index (χ0) is 12.4. The van der Waals surface area contributed by atoms with E-state index >= 15 is 0 Å². The Bertz CT molecular complexity index is 468. The van der Waals surface area contributed by atoms with E-state index < -0.39 is 5.91 Å². The highest BCUT2D eigenvalue weighted by molar-refractivity contribution is 6.04. The molecule has 0 atom stereocenters. The molecule has 0 spiro atoms. The van der Waals surface area contributed by atoms with Crippen LogP contribution >= 0.6 is 0 Å². The molecule has 0 fully saturated rings. The van der Waals surface area contributed by atoms with Crippen LogP contribution in [-0.4, -0.2) is 18.4 Å². The molecule has 1 aliphatic heterocycles. The van der Waals surface area contributed by atoms with E-state index in [-0.39, 0.29) is 12.5 Å². The summed E-state index contributed by atoms with van der Waals surface area (Å²) < 4.78 is 0. The Labute approximate surface area is 100 Å². The fraction of sp³-hybridized carbons (Fsp3) is 0.385. The van der Waals surface area contributed by atoms with Gasteiger partial charge in [0.1, 0.15) is 6.54 Å². The highest BCUT2D eigenvalue weighted by Crippen LogP contribution is 2.29. The minimum atomic E-state index is -0.483. The van der Waals surface area contributed by atoms with E-state index in [0.29, 0.717) is 6.42 Å². The van der Waals surface area contributed by atoms with Crippen molar-refractivity contribution >= 4 is 17.5 Å². The number of hydrogen-bond acceptors (Lipinski definition) is 2. The molecule has 4 nitrogen and oxygen atoms in total. The van der Waals surface area contributed by atoms with Gasteiger partial charge in [-0.2, -0.15) is 0 Å². The molecule has 2 rings (SSSR count). The molecule has 2 N–H and O–H groups in total. The number of rotatable bonds is 4. The Morgan fingerprint density at radius 1 is 1.47 bits per heavy atom. The summed E-state index contributed by atoms with van der Waals surface area (Å²) in [5.74, 6) is -0.531. The first-order valence-electron chi connectivity index (χ1n) is 5.82. The lowest BCUT2D eigenvalue weighted by atomic mass is 10.1. The number of amides is 2. The summed E-state index contributed by atoms with van der Waals surface area (Å²) in [6, 6.07) is 5.97. The first-order valence-corrected chi connectivity index (χ1v) is 5.82. The molecule has 2 amide bonds. The number of carbonyl (C=O) groups is 2. The van der Waals surface area contributed by atoms with Crippen molar-refractivity contribution in [1.82, 2.24) is 0 Å². The highest BCUT2D eigenvalue weighted by atomic mass is 16.2. The number of benzene rings is 1. The summed E-state index contributed by atoms with van der Waals surface area (Å²) in [7, 11) is 0. The highest BCUT2D eigenvalue weighted by Gasteiger charge is 2.28. The van der Waals surface area contributed by atoms with E-state index in [0.717, 1.165) is 24.1 Å². The van der Waals surface area contributed by atoms with Crippen molar-refractivity contribution < 1.29 is 9.59 Å². The summed E-state index contributed by atoms with van der Waals surface area (Å²) >= 11 is 0. The second kappa shape index (κ2) is 4.57. The molecule has 0 bridgehead atoms. The molecule has 0 aliphatic carbocycles. The maximum Gasteiger partial charge on any atom is 0.237 e. The molecule has 4 heteroatoms. The summed E-state index contributed by atoms with van der Waals surface area (Å²) in [5.41, 5.74) is 8.20. The smallest absolute Gasteiger partial charge is 0.237 e. The minimum absolute atomic E-state index is 0.0288. The molecular weight excluding hydrogens is 216 g/mol. The van der Waals surface area contributed by atoms with Gasteiger partial charge >= 0.3 is 0 Å². The summed E-state index contributed by atoms with van der Waals surface area (Å²) in [6.07, 6.45) is 2.47. The van der Waals surface area contributed by atoms with E-state index in [4.69, 9.17) is 5.73 Å². The van der Waals surface area contributed by atoms with Crippen molar-refractivity contribution in [2.75, 3.05) is 11.4 Å². The largest absolute Gasteiger partial charge is 0.368 e. The minimum Gasteiger partial charge on any atom is -0.368 e. The Morgan fingerprint density at radius 2 is 2.24 bits per heavy atom. The van der Waals surface area contributed by atoms with Gasteiger partial charge in [-0.05, 0) is 23.6 Å². The lowest BCUT2D eigenvalue weighted by molar-refractivity contribution is -0.121. The van der Waals surface area contributed by atoms with Crippen LogP contribution < -0.4 is 10.6 Å². The molecule has 90 valence electrons. The van der Waals surface area contributed by atoms with Gasteiger partial charge in [0.2, 0.25) is 11.8 Å². The molecular formula is C13H16N2O2. The van der Waals surface area contributed by atoms with Crippen molar-refractivity contribution in [1.29, 1.82) is 0 Å². The Balaban J connectivity index is 2.28. The van der Waals surface area contributed by atoms with E-state index in [9.17, 15) is 9.59 Å². The average molecular weight is 232 g/mol. The molecule has 1 aliphatic rings. The van der Waals surface area contributed by atoms with Crippen LogP contribution in [0.5, 0.6) is 0 Å². The molecule has 1 aromatic carbocycles. The fourth-order valence-corrected chi connectivity index (χ4v) is 2.21. The van der Waals surface area contributed by atoms with Gasteiger partial charge in [-0.15, -0.1) is 0 Å². The topological polar surface area (TPSA) is 63.4 Å². The van der Waals surface area contributed by atoms with Crippen LogP contribution in [-0.2, 0) is 22.4 Å². The Hall–Kier alpha value is -1.84. The van der Waals surface area contributed by atoms with E-state index in [1.165, 1.54) is 10.5 Å². The second-order valence-electron chi connectivity index (χ2n) is 4.34. The number of nitrogens with two attached hydrogens (primary N) is 1. The predicted octanol–water partition coefficient (Wildman–Crippen LogP) is 1.01. The van der Waals surface area contributed by atoms with Crippen LogP contribution in [0.4, 0.5) is 5.69 Å². The Morgan fingerprint density at radius 3 is 2.88 bits per heavy atom. The third-order valence-corrected chi connectivity index (χ3v) is 2.93. The SMILES string of the molecule is CCCc1ccc2c(c1)CC(=O)N2CC(N)=O. The van der Waals surface area contributed by atoms with E-state index in [1.54, 1.807) is 0 Å². The standard InChI is InChI=1S/C13H16N2O2/c1-2-3-9-4-5-11-10(6-9)7-13(17)15(11)8-12(14)16/h4-6H,2-3,7-8H2,1H3,(H2,14,16). The van der Waals surface area contributed by atoms with Crippen molar-refractivity contribution in [3.8, 4) is 0 Å². The zero-order valence-corrected chi connectivity index (χ0v) is 9.90. The number of primary amides is 1. The first kappa shape index (κ1) is 11.6. The summed E-state index contributed by atoms with van der Waals surface area (Å²) in [5, 5.41) is 0. The fourth-order valence-electron chi connectivity index (χ4n) is 2.21. The number of fused-ring (bicyclic) bond motifs is 1. The van der Waals surface area contributed by atoms with E-state index in [2.05, 4.69) is 13.0 Å². The van der Waals surface area contributed by atoms with Gasteiger partial charge in [0.05, 0.1) is 6.42 Å². The second-order valence-corrected chi connectivity index (χ2v) is 4.34. The molecule has 0 aromatic heterocycles. The van der Waals surface area contributed by atoms with E-state index in [1.807, 2.05) is 12.1 Å². The molecule has 0 radical (unpaired) electrons. The molecule has 1 heterocycles. The van der Waals surface area contributed by atoms with Gasteiger partial charge in [0, 0.05) is 5.69 Å². The van der Waals surface area contributed by atoms with Gasteiger partial charge in [0.25, 0.3) is 0 Å². The third kappa shape index (κ3) is 2.30. The molecule has 1 aromatic rings. The quantitative estimate of drug-likeness (QED) is 0.842. The number of hydrogen-bond donors (Lipinski definition) is 1. The third-order valence-electron chi connectivity index (χ3n) is 2.93. The van der Waals surface area contributed by atoms with Crippen molar-refractivity contribution in [2.45, 2.75) is 26.2 Å². The molecule has 17 heavy (non-hydrogen) atoms. The monoisotopic (exact) mass is 232 g/mol. The first-order chi connectivity index (χ1) is 8.11. The Kier molecular flexibility index (Phi) is 3.13. The van der Waals surface area contributed by atoms with Crippen molar-refractivity contribution in [3.63, 3.8) is 0 Å². The summed E-state index contributed by atoms with van der Waals surface area (Å²) in [6.45, 7) is 2.09. The number of aryl methyl sites for hydroxylation is 1. The van der Waals surface area contributed by atoms with Gasteiger partial charge in [-0.25, -0.2) is 0 Å². The summed E-state index contributed by atoms with van der Waals surface area (Å²) in [4.78, 5) is 24.1. The molecule has 0 saturated heterocycles. The van der Waals surface area contributed by atoms with Crippen LogP contribution in [0.3, 0.4) is 0 Å². The average Bonchev–Trinajstić information content (AvgIpc) is 2.55. The maximum absolute atomic E-state index is 11.8. The van der Waals surface area contributed by atoms with Crippen LogP contribution in [0.15, 0.2) is 18.2 Å². The van der Waals surface area contributed by atoms with Crippen LogP contribution in [0.1, 0.15) is 24.5 Å². The van der Waals surface area contributed by atoms with Gasteiger partial charge in [-0.3, -0.25) is 9.59 Å². The maximum atomic E-state index is 11.8. The lowest BCUT2D eigenvalue weighted by Crippen LogP contribution is -2.35. The normalized spacial score (nSPS) is 13.9. The van der Waals surface area contributed by atoms with Crippen LogP contribution in [0.25, 0.3) is 0 Å². The number of anilines is 1. The predicted molar refractivity (Wildman–Crippen MR) is 65.7 cm³/mol. The van der Waals surface area contributed by atoms with Crippen molar-refractivity contribution in [3.05, 3.63) is 29.3 Å². The number of carbonyl (C=O) groups excluding carboxylic acids is 2. The van der Waals surface area contributed by atoms with Gasteiger partial charge < -0.3 is 10.6 Å². The zero-order valence-electron chi connectivity index (χ0n) is 9.90. The molecule has 0 unspecified atom stereocenters.